The predicted octanol–water partition coefficient (Wildman–Crippen LogP) is 2.83. The molecular formula is C25H23N5O3. The van der Waals surface area contributed by atoms with Crippen LogP contribution in [0.25, 0.3) is 10.8 Å². The first-order chi connectivity index (χ1) is 16.0. The van der Waals surface area contributed by atoms with E-state index in [9.17, 15) is 9.59 Å². The molecular weight excluding hydrogens is 418 g/mol. The van der Waals surface area contributed by atoms with Gasteiger partial charge < -0.3 is 15.0 Å². The van der Waals surface area contributed by atoms with Gasteiger partial charge in [-0.15, -0.1) is 0 Å². The summed E-state index contributed by atoms with van der Waals surface area (Å²) in [7, 11) is 0. The third kappa shape index (κ3) is 4.41. The van der Waals surface area contributed by atoms with Crippen molar-refractivity contribution in [3.8, 4) is 11.8 Å². The number of aromatic nitrogens is 3. The summed E-state index contributed by atoms with van der Waals surface area (Å²) in [5, 5.41) is 4.65. The average Bonchev–Trinajstić information content (AvgIpc) is 3.67. The lowest BCUT2D eigenvalue weighted by Gasteiger charge is -2.30. The molecule has 166 valence electrons. The summed E-state index contributed by atoms with van der Waals surface area (Å²) in [6.07, 6.45) is 6.51. The molecule has 0 bridgehead atoms. The first-order valence-electron chi connectivity index (χ1n) is 11.0. The van der Waals surface area contributed by atoms with E-state index >= 15 is 0 Å². The number of aryl methyl sites for hydroxylation is 1. The van der Waals surface area contributed by atoms with Gasteiger partial charge in [0.15, 0.2) is 0 Å². The predicted molar refractivity (Wildman–Crippen MR) is 124 cm³/mol. The molecule has 3 aromatic rings. The molecule has 1 N–H and O–H groups in total. The van der Waals surface area contributed by atoms with Crippen molar-refractivity contribution in [2.45, 2.75) is 32.8 Å². The molecule has 5 rings (SSSR count). The van der Waals surface area contributed by atoms with Gasteiger partial charge in [-0.3, -0.25) is 14.6 Å². The van der Waals surface area contributed by atoms with Crippen LogP contribution < -0.4 is 10.2 Å². The first kappa shape index (κ1) is 21.0. The van der Waals surface area contributed by atoms with Gasteiger partial charge >= 0.3 is 0 Å². The van der Waals surface area contributed by atoms with Crippen molar-refractivity contribution in [3.05, 3.63) is 53.7 Å². The number of anilines is 2. The second-order valence-electron chi connectivity index (χ2n) is 8.29. The summed E-state index contributed by atoms with van der Waals surface area (Å²) in [5.74, 6) is 6.78. The van der Waals surface area contributed by atoms with E-state index < -0.39 is 6.10 Å². The maximum atomic E-state index is 12.3. The first-order valence-corrected chi connectivity index (χ1v) is 11.0. The fourth-order valence-electron chi connectivity index (χ4n) is 3.74. The number of fused-ring (bicyclic) bond motifs is 1. The van der Waals surface area contributed by atoms with Crippen molar-refractivity contribution in [2.24, 2.45) is 5.92 Å². The molecule has 3 aromatic heterocycles. The monoisotopic (exact) mass is 441 g/mol. The van der Waals surface area contributed by atoms with E-state index in [0.717, 1.165) is 40.6 Å². The number of amides is 2. The van der Waals surface area contributed by atoms with Gasteiger partial charge in [0.05, 0.1) is 24.1 Å². The second kappa shape index (κ2) is 8.60. The van der Waals surface area contributed by atoms with Crippen molar-refractivity contribution in [2.75, 3.05) is 23.4 Å². The summed E-state index contributed by atoms with van der Waals surface area (Å²) in [6.45, 7) is 4.67. The van der Waals surface area contributed by atoms with E-state index in [-0.39, 0.29) is 17.7 Å². The number of nitrogens with one attached hydrogen (secondary N) is 1. The van der Waals surface area contributed by atoms with Crippen LogP contribution in [-0.2, 0) is 14.3 Å². The molecule has 1 saturated heterocycles. The Hall–Kier alpha value is -3.83. The zero-order valence-corrected chi connectivity index (χ0v) is 18.5. The van der Waals surface area contributed by atoms with Gasteiger partial charge in [0, 0.05) is 41.3 Å². The maximum absolute atomic E-state index is 12.3. The van der Waals surface area contributed by atoms with Crippen LogP contribution in [0.4, 0.5) is 11.5 Å². The molecule has 1 saturated carbocycles. The minimum absolute atomic E-state index is 0.0118. The molecule has 4 heterocycles. The highest BCUT2D eigenvalue weighted by atomic mass is 16.5. The van der Waals surface area contributed by atoms with Crippen LogP contribution in [0.3, 0.4) is 0 Å². The van der Waals surface area contributed by atoms with Gasteiger partial charge in [0.2, 0.25) is 5.91 Å². The number of pyridine rings is 3. The summed E-state index contributed by atoms with van der Waals surface area (Å²) >= 11 is 0. The number of ether oxygens (including phenoxy) is 1. The minimum atomic E-state index is -0.450. The molecule has 33 heavy (non-hydrogen) atoms. The Labute approximate surface area is 191 Å². The number of morpholine rings is 1. The molecule has 2 fully saturated rings. The van der Waals surface area contributed by atoms with Crippen molar-refractivity contribution < 1.29 is 14.3 Å². The number of carbonyl (C=O) groups is 2. The Kier molecular flexibility index (Phi) is 5.48. The lowest BCUT2D eigenvalue weighted by Crippen LogP contribution is -2.46. The highest BCUT2D eigenvalue weighted by Crippen LogP contribution is 2.30. The summed E-state index contributed by atoms with van der Waals surface area (Å²) in [6, 6.07) is 5.48. The Bertz CT molecular complexity index is 1310. The number of hydrogen-bond donors (Lipinski definition) is 1. The summed E-state index contributed by atoms with van der Waals surface area (Å²) < 4.78 is 5.37. The normalized spacial score (nSPS) is 18.1. The van der Waals surface area contributed by atoms with Gasteiger partial charge in [-0.2, -0.15) is 0 Å². The smallest absolute Gasteiger partial charge is 0.255 e. The lowest BCUT2D eigenvalue weighted by molar-refractivity contribution is -0.132. The topological polar surface area (TPSA) is 97.3 Å². The Balaban J connectivity index is 1.41. The average molecular weight is 441 g/mol. The molecule has 1 atom stereocenters. The van der Waals surface area contributed by atoms with Gasteiger partial charge in [0.25, 0.3) is 5.91 Å². The van der Waals surface area contributed by atoms with E-state index in [1.807, 2.05) is 19.1 Å². The molecule has 0 unspecified atom stereocenters. The van der Waals surface area contributed by atoms with Gasteiger partial charge in [-0.25, -0.2) is 9.97 Å². The van der Waals surface area contributed by atoms with Crippen LogP contribution in [0.15, 0.2) is 36.8 Å². The zero-order valence-electron chi connectivity index (χ0n) is 18.5. The van der Waals surface area contributed by atoms with E-state index in [1.54, 1.807) is 36.5 Å². The Morgan fingerprint density at radius 2 is 1.97 bits per heavy atom. The Morgan fingerprint density at radius 1 is 1.12 bits per heavy atom. The summed E-state index contributed by atoms with van der Waals surface area (Å²) in [4.78, 5) is 39.3. The Morgan fingerprint density at radius 3 is 2.73 bits per heavy atom. The third-order valence-electron chi connectivity index (χ3n) is 5.85. The van der Waals surface area contributed by atoms with Gasteiger partial charge in [-0.1, -0.05) is 5.92 Å². The third-order valence-corrected chi connectivity index (χ3v) is 5.85. The van der Waals surface area contributed by atoms with Crippen LogP contribution in [0.5, 0.6) is 0 Å². The number of rotatable bonds is 3. The van der Waals surface area contributed by atoms with Gasteiger partial charge in [0.1, 0.15) is 17.6 Å². The van der Waals surface area contributed by atoms with Crippen molar-refractivity contribution in [3.63, 3.8) is 0 Å². The molecule has 2 amide bonds. The van der Waals surface area contributed by atoms with Crippen LogP contribution in [-0.4, -0.2) is 46.0 Å². The molecule has 8 nitrogen and oxygen atoms in total. The molecule has 2 aliphatic rings. The zero-order chi connectivity index (χ0) is 22.9. The quantitative estimate of drug-likeness (QED) is 0.628. The maximum Gasteiger partial charge on any atom is 0.255 e. The lowest BCUT2D eigenvalue weighted by atomic mass is 10.1. The van der Waals surface area contributed by atoms with E-state index in [2.05, 4.69) is 32.1 Å². The van der Waals surface area contributed by atoms with E-state index in [0.29, 0.717) is 24.7 Å². The second-order valence-corrected chi connectivity index (χ2v) is 8.29. The van der Waals surface area contributed by atoms with Crippen molar-refractivity contribution >= 4 is 34.1 Å². The van der Waals surface area contributed by atoms with Crippen molar-refractivity contribution in [1.29, 1.82) is 0 Å². The highest BCUT2D eigenvalue weighted by molar-refractivity contribution is 5.97. The molecule has 0 aromatic carbocycles. The fraction of sp³-hybridized carbons (Fsp3) is 0.320. The standard InChI is InChI=1S/C25H23N5O3/c1-15-22-14-28-23(29-24(31)17-3-4-17)11-21(22)18(12-26-15)5-6-19-7-8-20(13-27-19)30-9-10-33-16(2)25(30)32/h7-8,11-14,16-17H,3-4,9-10H2,1-2H3,(H,28,29,31)/t16-/m1/s1. The SMILES string of the molecule is Cc1ncc(C#Cc2ccc(N3CCO[C@H](C)C3=O)cn2)c2cc(NC(=O)C3CC3)ncc12. The van der Waals surface area contributed by atoms with E-state index in [1.165, 1.54) is 0 Å². The molecule has 1 aliphatic heterocycles. The minimum Gasteiger partial charge on any atom is -0.367 e. The molecule has 0 spiro atoms. The van der Waals surface area contributed by atoms with Crippen LogP contribution in [0.2, 0.25) is 0 Å². The fourth-order valence-corrected chi connectivity index (χ4v) is 3.74. The van der Waals surface area contributed by atoms with Crippen LogP contribution in [0.1, 0.15) is 36.7 Å². The summed E-state index contributed by atoms with van der Waals surface area (Å²) in [5.41, 5.74) is 2.88. The number of hydrogen-bond acceptors (Lipinski definition) is 6. The number of carbonyl (C=O) groups excluding carboxylic acids is 2. The molecule has 1 aliphatic carbocycles. The van der Waals surface area contributed by atoms with Crippen LogP contribution in [0, 0.1) is 24.7 Å². The highest BCUT2D eigenvalue weighted by Gasteiger charge is 2.30. The molecule has 0 radical (unpaired) electrons. The van der Waals surface area contributed by atoms with E-state index in [4.69, 9.17) is 4.74 Å². The largest absolute Gasteiger partial charge is 0.367 e. The number of nitrogens with zero attached hydrogens (tertiary/aromatic N) is 4. The van der Waals surface area contributed by atoms with Gasteiger partial charge in [-0.05, 0) is 50.8 Å². The van der Waals surface area contributed by atoms with Crippen LogP contribution >= 0.6 is 0 Å². The molecule has 8 heteroatoms. The van der Waals surface area contributed by atoms with Crippen molar-refractivity contribution in [1.82, 2.24) is 15.0 Å².